The molecule has 0 radical (unpaired) electrons. The summed E-state index contributed by atoms with van der Waals surface area (Å²) in [6.07, 6.45) is 9.35. The highest BCUT2D eigenvalue weighted by atomic mass is 16.2. The molecule has 0 saturated carbocycles. The van der Waals surface area contributed by atoms with Crippen LogP contribution in [0, 0.1) is 0 Å². The predicted molar refractivity (Wildman–Crippen MR) is 92.3 cm³/mol. The Morgan fingerprint density at radius 3 is 2.48 bits per heavy atom. The summed E-state index contributed by atoms with van der Waals surface area (Å²) in [5.41, 5.74) is 3.13. The van der Waals surface area contributed by atoms with Crippen LogP contribution in [0.1, 0.15) is 62.1 Å². The minimum atomic E-state index is 0.392. The van der Waals surface area contributed by atoms with E-state index >= 15 is 0 Å². The molecule has 1 aromatic carbocycles. The molecule has 3 nitrogen and oxygen atoms in total. The molecule has 124 valence electrons. The molecule has 3 heteroatoms. The lowest BCUT2D eigenvalue weighted by atomic mass is 9.94. The summed E-state index contributed by atoms with van der Waals surface area (Å²) < 4.78 is 0. The first-order chi connectivity index (χ1) is 11.3. The quantitative estimate of drug-likeness (QED) is 0.780. The first-order valence-corrected chi connectivity index (χ1v) is 9.44. The monoisotopic (exact) mass is 312 g/mol. The third-order valence-electron chi connectivity index (χ3n) is 6.08. The van der Waals surface area contributed by atoms with E-state index in [2.05, 4.69) is 34.1 Å². The third-order valence-corrected chi connectivity index (χ3v) is 6.08. The molecule has 2 aliphatic heterocycles. The first-order valence-electron chi connectivity index (χ1n) is 9.44. The van der Waals surface area contributed by atoms with E-state index in [1.54, 1.807) is 11.1 Å². The number of benzene rings is 1. The molecule has 0 spiro atoms. The van der Waals surface area contributed by atoms with Crippen LogP contribution in [-0.4, -0.2) is 41.4 Å². The minimum absolute atomic E-state index is 0.392. The molecule has 4 rings (SSSR count). The van der Waals surface area contributed by atoms with E-state index < -0.39 is 0 Å². The molecule has 1 unspecified atom stereocenters. The molecule has 0 bridgehead atoms. The van der Waals surface area contributed by atoms with Gasteiger partial charge in [-0.25, -0.2) is 0 Å². The number of fused-ring (bicyclic) bond motifs is 1. The van der Waals surface area contributed by atoms with Crippen molar-refractivity contribution in [1.29, 1.82) is 0 Å². The average Bonchev–Trinajstić information content (AvgIpc) is 2.90. The number of aryl methyl sites for hydroxylation is 1. The Labute approximate surface area is 139 Å². The standard InChI is InChI=1S/C20H28N2O/c23-20-10-5-13-22(20)17-11-14-21(15-12-17)19-9-4-2-7-16-6-1-3-8-18(16)19/h1,3,6,8,17,19H,2,4-5,7,9-15H2. The van der Waals surface area contributed by atoms with E-state index in [4.69, 9.17) is 0 Å². The van der Waals surface area contributed by atoms with Gasteiger partial charge in [-0.1, -0.05) is 30.7 Å². The van der Waals surface area contributed by atoms with Crippen molar-refractivity contribution in [2.45, 2.75) is 63.5 Å². The summed E-state index contributed by atoms with van der Waals surface area (Å²) in [7, 11) is 0. The lowest BCUT2D eigenvalue weighted by Gasteiger charge is -2.40. The van der Waals surface area contributed by atoms with Gasteiger partial charge in [0.15, 0.2) is 0 Å². The first kappa shape index (κ1) is 15.2. The highest BCUT2D eigenvalue weighted by Gasteiger charge is 2.33. The lowest BCUT2D eigenvalue weighted by Crippen LogP contribution is -2.46. The van der Waals surface area contributed by atoms with Crippen LogP contribution in [0.25, 0.3) is 0 Å². The fourth-order valence-corrected chi connectivity index (χ4v) is 4.84. The van der Waals surface area contributed by atoms with E-state index in [9.17, 15) is 4.79 Å². The van der Waals surface area contributed by atoms with Crippen LogP contribution >= 0.6 is 0 Å². The van der Waals surface area contributed by atoms with Crippen molar-refractivity contribution in [3.8, 4) is 0 Å². The topological polar surface area (TPSA) is 23.6 Å². The molecule has 1 amide bonds. The largest absolute Gasteiger partial charge is 0.340 e. The van der Waals surface area contributed by atoms with Crippen LogP contribution in [-0.2, 0) is 11.2 Å². The van der Waals surface area contributed by atoms with Gasteiger partial charge >= 0.3 is 0 Å². The van der Waals surface area contributed by atoms with Crippen LogP contribution in [0.15, 0.2) is 24.3 Å². The van der Waals surface area contributed by atoms with E-state index in [0.29, 0.717) is 18.0 Å². The van der Waals surface area contributed by atoms with Crippen molar-refractivity contribution in [3.63, 3.8) is 0 Å². The van der Waals surface area contributed by atoms with E-state index in [1.165, 1.54) is 25.7 Å². The van der Waals surface area contributed by atoms with Gasteiger partial charge in [0.2, 0.25) is 5.91 Å². The Hall–Kier alpha value is -1.35. The number of rotatable bonds is 2. The summed E-state index contributed by atoms with van der Waals surface area (Å²) in [6, 6.07) is 10.2. The highest BCUT2D eigenvalue weighted by molar-refractivity contribution is 5.78. The Morgan fingerprint density at radius 1 is 0.870 bits per heavy atom. The molecule has 2 saturated heterocycles. The SMILES string of the molecule is O=C1CCCN1C1CCN(C2CCCCc3ccccc32)CC1. The van der Waals surface area contributed by atoms with Gasteiger partial charge < -0.3 is 4.90 Å². The Bertz CT molecular complexity index is 563. The van der Waals surface area contributed by atoms with Crippen molar-refractivity contribution >= 4 is 5.91 Å². The maximum atomic E-state index is 12.0. The number of hydrogen-bond donors (Lipinski definition) is 0. The maximum Gasteiger partial charge on any atom is 0.222 e. The van der Waals surface area contributed by atoms with Gasteiger partial charge in [-0.2, -0.15) is 0 Å². The van der Waals surface area contributed by atoms with Gasteiger partial charge in [-0.05, 0) is 49.7 Å². The summed E-state index contributed by atoms with van der Waals surface area (Å²) in [6.45, 7) is 3.29. The number of carbonyl (C=O) groups is 1. The lowest BCUT2D eigenvalue weighted by molar-refractivity contribution is -0.130. The number of amides is 1. The number of piperidine rings is 1. The van der Waals surface area contributed by atoms with Gasteiger partial charge in [0, 0.05) is 38.1 Å². The third kappa shape index (κ3) is 3.03. The Morgan fingerprint density at radius 2 is 1.70 bits per heavy atom. The number of hydrogen-bond acceptors (Lipinski definition) is 2. The average molecular weight is 312 g/mol. The molecular formula is C20H28N2O. The van der Waals surface area contributed by atoms with Gasteiger partial charge in [-0.3, -0.25) is 9.69 Å². The van der Waals surface area contributed by atoms with Gasteiger partial charge in [0.1, 0.15) is 0 Å². The second-order valence-corrected chi connectivity index (χ2v) is 7.42. The van der Waals surface area contributed by atoms with Crippen molar-refractivity contribution in [2.75, 3.05) is 19.6 Å². The second kappa shape index (κ2) is 6.64. The zero-order chi connectivity index (χ0) is 15.6. The molecule has 2 fully saturated rings. The highest BCUT2D eigenvalue weighted by Crippen LogP contribution is 2.35. The van der Waals surface area contributed by atoms with Crippen LogP contribution in [0.2, 0.25) is 0 Å². The summed E-state index contributed by atoms with van der Waals surface area (Å²) in [5.74, 6) is 0.392. The van der Waals surface area contributed by atoms with Crippen molar-refractivity contribution < 1.29 is 4.79 Å². The zero-order valence-electron chi connectivity index (χ0n) is 14.0. The summed E-state index contributed by atoms with van der Waals surface area (Å²) in [4.78, 5) is 16.8. The van der Waals surface area contributed by atoms with Gasteiger partial charge in [0.05, 0.1) is 0 Å². The van der Waals surface area contributed by atoms with Crippen molar-refractivity contribution in [2.24, 2.45) is 0 Å². The predicted octanol–water partition coefficient (Wildman–Crippen LogP) is 3.54. The molecule has 23 heavy (non-hydrogen) atoms. The molecular weight excluding hydrogens is 284 g/mol. The van der Waals surface area contributed by atoms with E-state index in [1.807, 2.05) is 0 Å². The van der Waals surface area contributed by atoms with E-state index in [0.717, 1.165) is 45.3 Å². The van der Waals surface area contributed by atoms with Gasteiger partial charge in [-0.15, -0.1) is 0 Å². The maximum absolute atomic E-state index is 12.0. The molecule has 0 N–H and O–H groups in total. The molecule has 2 heterocycles. The minimum Gasteiger partial charge on any atom is -0.340 e. The van der Waals surface area contributed by atoms with Crippen LogP contribution in [0.3, 0.4) is 0 Å². The second-order valence-electron chi connectivity index (χ2n) is 7.42. The zero-order valence-corrected chi connectivity index (χ0v) is 14.0. The fourth-order valence-electron chi connectivity index (χ4n) is 4.84. The van der Waals surface area contributed by atoms with Gasteiger partial charge in [0.25, 0.3) is 0 Å². The van der Waals surface area contributed by atoms with Crippen LogP contribution in [0.5, 0.6) is 0 Å². The Balaban J connectivity index is 1.45. The molecule has 1 aromatic rings. The van der Waals surface area contributed by atoms with E-state index in [-0.39, 0.29) is 0 Å². The summed E-state index contributed by atoms with van der Waals surface area (Å²) >= 11 is 0. The molecule has 0 aromatic heterocycles. The molecule has 1 aliphatic carbocycles. The van der Waals surface area contributed by atoms with Crippen molar-refractivity contribution in [3.05, 3.63) is 35.4 Å². The van der Waals surface area contributed by atoms with Crippen LogP contribution < -0.4 is 0 Å². The van der Waals surface area contributed by atoms with Crippen LogP contribution in [0.4, 0.5) is 0 Å². The summed E-state index contributed by atoms with van der Waals surface area (Å²) in [5, 5.41) is 0. The number of nitrogens with zero attached hydrogens (tertiary/aromatic N) is 2. The number of carbonyl (C=O) groups excluding carboxylic acids is 1. The number of likely N-dealkylation sites (tertiary alicyclic amines) is 2. The normalized spacial score (nSPS) is 27.0. The van der Waals surface area contributed by atoms with Crippen molar-refractivity contribution in [1.82, 2.24) is 9.80 Å². The smallest absolute Gasteiger partial charge is 0.222 e. The fraction of sp³-hybridized carbons (Fsp3) is 0.650. The molecule has 1 atom stereocenters. The molecule has 3 aliphatic rings. The Kier molecular flexibility index (Phi) is 4.39.